The minimum Gasteiger partial charge on any atom is -0.359 e. The fourth-order valence-corrected chi connectivity index (χ4v) is 6.43. The Balaban J connectivity index is 1.50. The number of hydrogen-bond donors (Lipinski definition) is 1. The SMILES string of the molecule is CCN(CC)C(=O)C1CCC(c2ccc(C(F)(F)F)cc2)CN1c1ccc(C(=O)NCc2ccc(S(=O)(=O)CC)cc2)cc1. The molecule has 1 N–H and O–H groups in total. The monoisotopic (exact) mass is 629 g/mol. The third-order valence-electron chi connectivity index (χ3n) is 8.23. The maximum atomic E-state index is 13.5. The molecular weight excluding hydrogens is 591 g/mol. The molecule has 236 valence electrons. The summed E-state index contributed by atoms with van der Waals surface area (Å²) < 4.78 is 63.4. The van der Waals surface area contributed by atoms with Crippen molar-refractivity contribution in [2.24, 2.45) is 0 Å². The molecule has 4 rings (SSSR count). The molecule has 1 heterocycles. The normalized spacial score (nSPS) is 17.3. The smallest absolute Gasteiger partial charge is 0.359 e. The van der Waals surface area contributed by atoms with Crippen LogP contribution in [0, 0.1) is 0 Å². The molecule has 0 aromatic heterocycles. The highest BCUT2D eigenvalue weighted by atomic mass is 32.2. The fraction of sp³-hybridized carbons (Fsp3) is 0.394. The fourth-order valence-electron chi connectivity index (χ4n) is 5.55. The number of piperidine rings is 1. The van der Waals surface area contributed by atoms with Gasteiger partial charge in [0.1, 0.15) is 6.04 Å². The second-order valence-corrected chi connectivity index (χ2v) is 13.1. The van der Waals surface area contributed by atoms with Crippen LogP contribution in [0.2, 0.25) is 0 Å². The molecule has 1 fully saturated rings. The standard InChI is InChI=1S/C33H38F3N3O4S/c1-4-38(5-2)32(41)30-20-13-26(24-9-14-27(15-10-24)33(34,35)36)22-39(30)28-16-11-25(12-17-28)31(40)37-21-23-7-18-29(19-8-23)44(42,43)6-3/h7-12,14-19,26,30H,4-6,13,20-22H2,1-3H3,(H,37,40). The lowest BCUT2D eigenvalue weighted by atomic mass is 9.86. The van der Waals surface area contributed by atoms with Gasteiger partial charge in [-0.25, -0.2) is 8.42 Å². The van der Waals surface area contributed by atoms with Crippen LogP contribution >= 0.6 is 0 Å². The number of hydrogen-bond acceptors (Lipinski definition) is 5. The van der Waals surface area contributed by atoms with Crippen molar-refractivity contribution in [3.05, 3.63) is 95.1 Å². The average Bonchev–Trinajstić information content (AvgIpc) is 3.03. The highest BCUT2D eigenvalue weighted by molar-refractivity contribution is 7.91. The summed E-state index contributed by atoms with van der Waals surface area (Å²) in [5.41, 5.74) is 2.01. The number of alkyl halides is 3. The van der Waals surface area contributed by atoms with Crippen molar-refractivity contribution in [2.45, 2.75) is 63.2 Å². The predicted molar refractivity (Wildman–Crippen MR) is 164 cm³/mol. The minimum atomic E-state index is -4.41. The Morgan fingerprint density at radius 1 is 0.886 bits per heavy atom. The van der Waals surface area contributed by atoms with E-state index in [9.17, 15) is 31.2 Å². The third kappa shape index (κ3) is 7.61. The van der Waals surface area contributed by atoms with Gasteiger partial charge in [0, 0.05) is 43.3 Å². The van der Waals surface area contributed by atoms with Gasteiger partial charge in [0.25, 0.3) is 5.91 Å². The number of carbonyl (C=O) groups excluding carboxylic acids is 2. The molecular formula is C33H38F3N3O4S. The molecule has 44 heavy (non-hydrogen) atoms. The Bertz CT molecular complexity index is 1540. The van der Waals surface area contributed by atoms with E-state index in [1.807, 2.05) is 18.7 Å². The molecule has 0 saturated carbocycles. The lowest BCUT2D eigenvalue weighted by Gasteiger charge is -2.42. The molecule has 7 nitrogen and oxygen atoms in total. The highest BCUT2D eigenvalue weighted by Crippen LogP contribution is 2.36. The molecule has 0 spiro atoms. The first-order valence-corrected chi connectivity index (χ1v) is 16.5. The van der Waals surface area contributed by atoms with E-state index < -0.39 is 27.6 Å². The second kappa shape index (κ2) is 13.8. The van der Waals surface area contributed by atoms with Gasteiger partial charge in [-0.3, -0.25) is 9.59 Å². The number of rotatable bonds is 10. The summed E-state index contributed by atoms with van der Waals surface area (Å²) in [7, 11) is -3.30. The van der Waals surface area contributed by atoms with Crippen molar-refractivity contribution in [1.29, 1.82) is 0 Å². The van der Waals surface area contributed by atoms with Gasteiger partial charge in [0.2, 0.25) is 5.91 Å². The van der Waals surface area contributed by atoms with Crippen LogP contribution in [-0.2, 0) is 27.4 Å². The minimum absolute atomic E-state index is 0.000411. The summed E-state index contributed by atoms with van der Waals surface area (Å²) in [6.07, 6.45) is -3.21. The van der Waals surface area contributed by atoms with Gasteiger partial charge in [0.05, 0.1) is 16.2 Å². The highest BCUT2D eigenvalue weighted by Gasteiger charge is 2.36. The molecule has 1 aliphatic heterocycles. The van der Waals surface area contributed by atoms with E-state index >= 15 is 0 Å². The van der Waals surface area contributed by atoms with Crippen molar-refractivity contribution in [3.63, 3.8) is 0 Å². The molecule has 1 saturated heterocycles. The number of nitrogens with zero attached hydrogens (tertiary/aromatic N) is 2. The predicted octanol–water partition coefficient (Wildman–Crippen LogP) is 6.05. The van der Waals surface area contributed by atoms with Crippen LogP contribution in [0.15, 0.2) is 77.7 Å². The van der Waals surface area contributed by atoms with Gasteiger partial charge in [-0.2, -0.15) is 13.2 Å². The first kappa shape index (κ1) is 33.0. The first-order valence-electron chi connectivity index (χ1n) is 14.8. The van der Waals surface area contributed by atoms with Crippen molar-refractivity contribution in [2.75, 3.05) is 30.3 Å². The zero-order chi connectivity index (χ0) is 32.1. The van der Waals surface area contributed by atoms with Crippen LogP contribution in [0.4, 0.5) is 18.9 Å². The van der Waals surface area contributed by atoms with Crippen LogP contribution in [0.3, 0.4) is 0 Å². The van der Waals surface area contributed by atoms with Crippen LogP contribution in [0.5, 0.6) is 0 Å². The van der Waals surface area contributed by atoms with Gasteiger partial charge in [-0.1, -0.05) is 31.2 Å². The Kier molecular flexibility index (Phi) is 10.4. The molecule has 11 heteroatoms. The van der Waals surface area contributed by atoms with Gasteiger partial charge in [-0.15, -0.1) is 0 Å². The van der Waals surface area contributed by atoms with Crippen molar-refractivity contribution < 1.29 is 31.2 Å². The molecule has 1 aliphatic rings. The zero-order valence-corrected chi connectivity index (χ0v) is 25.9. The van der Waals surface area contributed by atoms with Gasteiger partial charge < -0.3 is 15.1 Å². The van der Waals surface area contributed by atoms with Crippen molar-refractivity contribution in [1.82, 2.24) is 10.2 Å². The molecule has 2 amide bonds. The van der Waals surface area contributed by atoms with E-state index in [0.717, 1.165) is 28.9 Å². The maximum absolute atomic E-state index is 13.5. The summed E-state index contributed by atoms with van der Waals surface area (Å²) >= 11 is 0. The van der Waals surface area contributed by atoms with E-state index in [-0.39, 0.29) is 34.9 Å². The summed E-state index contributed by atoms with van der Waals surface area (Å²) in [5, 5.41) is 2.84. The lowest BCUT2D eigenvalue weighted by molar-refractivity contribution is -0.137. The summed E-state index contributed by atoms with van der Waals surface area (Å²) in [4.78, 5) is 30.4. The molecule has 2 unspecified atom stereocenters. The molecule has 3 aromatic rings. The maximum Gasteiger partial charge on any atom is 0.416 e. The van der Waals surface area contributed by atoms with Gasteiger partial charge in [0.15, 0.2) is 9.84 Å². The quantitative estimate of drug-likeness (QED) is 0.295. The van der Waals surface area contributed by atoms with Gasteiger partial charge in [-0.05, 0) is 86.3 Å². The van der Waals surface area contributed by atoms with E-state index in [4.69, 9.17) is 0 Å². The van der Waals surface area contributed by atoms with Crippen LogP contribution in [0.1, 0.15) is 66.6 Å². The molecule has 0 bridgehead atoms. The second-order valence-electron chi connectivity index (χ2n) is 10.8. The Labute approximate surface area is 257 Å². The molecule has 3 aromatic carbocycles. The number of sulfone groups is 1. The van der Waals surface area contributed by atoms with Crippen LogP contribution in [-0.4, -0.2) is 56.6 Å². The van der Waals surface area contributed by atoms with E-state index in [1.54, 1.807) is 48.2 Å². The Morgan fingerprint density at radius 3 is 2.05 bits per heavy atom. The van der Waals surface area contributed by atoms with E-state index in [1.165, 1.54) is 24.3 Å². The number of carbonyl (C=O) groups is 2. The molecule has 2 atom stereocenters. The number of anilines is 1. The Morgan fingerprint density at radius 2 is 1.50 bits per heavy atom. The summed E-state index contributed by atoms with van der Waals surface area (Å²) in [5.74, 6) is -0.365. The topological polar surface area (TPSA) is 86.8 Å². The molecule has 0 aliphatic carbocycles. The van der Waals surface area contributed by atoms with Crippen molar-refractivity contribution in [3.8, 4) is 0 Å². The lowest BCUT2D eigenvalue weighted by Crippen LogP contribution is -2.52. The van der Waals surface area contributed by atoms with Crippen molar-refractivity contribution >= 4 is 27.3 Å². The average molecular weight is 630 g/mol. The number of nitrogens with one attached hydrogen (secondary N) is 1. The third-order valence-corrected chi connectivity index (χ3v) is 9.98. The summed E-state index contributed by atoms with van der Waals surface area (Å²) in [6.45, 7) is 7.23. The van der Waals surface area contributed by atoms with Crippen LogP contribution in [0.25, 0.3) is 0 Å². The van der Waals surface area contributed by atoms with E-state index in [0.29, 0.717) is 38.0 Å². The number of amides is 2. The number of benzene rings is 3. The number of halogens is 3. The van der Waals surface area contributed by atoms with Crippen LogP contribution < -0.4 is 10.2 Å². The van der Waals surface area contributed by atoms with E-state index in [2.05, 4.69) is 5.32 Å². The Hall–Kier alpha value is -3.86. The molecule has 0 radical (unpaired) electrons. The summed E-state index contributed by atoms with van der Waals surface area (Å²) in [6, 6.07) is 18.1. The largest absolute Gasteiger partial charge is 0.416 e. The zero-order valence-electron chi connectivity index (χ0n) is 25.1. The number of likely N-dealkylation sites (N-methyl/N-ethyl adjacent to an activating group) is 1. The first-order chi connectivity index (χ1) is 20.9. The van der Waals surface area contributed by atoms with Gasteiger partial charge >= 0.3 is 6.18 Å².